The lowest BCUT2D eigenvalue weighted by Gasteiger charge is -2.19. The third-order valence-corrected chi connectivity index (χ3v) is 3.59. The van der Waals surface area contributed by atoms with Crippen molar-refractivity contribution >= 4 is 23.4 Å². The summed E-state index contributed by atoms with van der Waals surface area (Å²) in [6.07, 6.45) is 6.63. The molecule has 5 heteroatoms. The zero-order valence-corrected chi connectivity index (χ0v) is 12.2. The lowest BCUT2D eigenvalue weighted by molar-refractivity contribution is -0.138. The molecule has 0 spiro atoms. The number of hydrogen-bond acceptors (Lipinski definition) is 3. The highest BCUT2D eigenvalue weighted by Gasteiger charge is 2.32. The fourth-order valence-electron chi connectivity index (χ4n) is 2.56. The van der Waals surface area contributed by atoms with E-state index in [9.17, 15) is 14.4 Å². The van der Waals surface area contributed by atoms with Gasteiger partial charge in [0.15, 0.2) is 0 Å². The minimum Gasteiger partial charge on any atom is -0.283 e. The number of rotatable bonds is 1. The van der Waals surface area contributed by atoms with Gasteiger partial charge >= 0.3 is 0 Å². The largest absolute Gasteiger partial charge is 0.283 e. The van der Waals surface area contributed by atoms with Crippen LogP contribution >= 0.6 is 0 Å². The first-order valence-corrected chi connectivity index (χ1v) is 6.84. The Kier molecular flexibility index (Phi) is 3.25. The van der Waals surface area contributed by atoms with Crippen molar-refractivity contribution in [3.05, 3.63) is 65.5 Å². The Morgan fingerprint density at radius 2 is 1.73 bits per heavy atom. The van der Waals surface area contributed by atoms with Gasteiger partial charge in [-0.3, -0.25) is 24.2 Å². The van der Waals surface area contributed by atoms with Gasteiger partial charge in [0.1, 0.15) is 0 Å². The van der Waals surface area contributed by atoms with E-state index in [4.69, 9.17) is 0 Å². The topological polar surface area (TPSA) is 57.7 Å². The zero-order chi connectivity index (χ0) is 15.9. The summed E-state index contributed by atoms with van der Waals surface area (Å²) in [5.41, 5.74) is 2.93. The van der Waals surface area contributed by atoms with Crippen LogP contribution in [0.25, 0.3) is 5.70 Å². The average molecular weight is 294 g/mol. The molecule has 2 heterocycles. The summed E-state index contributed by atoms with van der Waals surface area (Å²) in [5, 5.41) is 0. The van der Waals surface area contributed by atoms with Crippen LogP contribution in [0, 0.1) is 0 Å². The van der Waals surface area contributed by atoms with Crippen LogP contribution in [-0.4, -0.2) is 27.5 Å². The molecule has 2 aliphatic rings. The molecule has 1 aromatic carbocycles. The molecule has 1 aromatic rings. The second kappa shape index (κ2) is 5.11. The number of carbonyl (C=O) groups is 3. The van der Waals surface area contributed by atoms with E-state index in [0.717, 1.165) is 16.2 Å². The highest BCUT2D eigenvalue weighted by atomic mass is 16.2. The van der Waals surface area contributed by atoms with E-state index in [1.165, 1.54) is 20.0 Å². The maximum atomic E-state index is 12.3. The van der Waals surface area contributed by atoms with E-state index in [2.05, 4.69) is 0 Å². The molecular weight excluding hydrogens is 280 g/mol. The molecule has 0 aliphatic carbocycles. The maximum absolute atomic E-state index is 12.3. The van der Waals surface area contributed by atoms with E-state index >= 15 is 0 Å². The SMILES string of the molecule is CC(=O)N(C=C1C=CN2C(=O)c3ccccc3C2=C1)C(C)=O. The number of fused-ring (bicyclic) bond motifs is 3. The van der Waals surface area contributed by atoms with E-state index < -0.39 is 0 Å². The molecule has 3 amide bonds. The van der Waals surface area contributed by atoms with Gasteiger partial charge in [-0.2, -0.15) is 0 Å². The predicted octanol–water partition coefficient (Wildman–Crippen LogP) is 2.29. The standard InChI is InChI=1S/C17H14N2O3/c1-11(20)19(12(2)21)10-13-7-8-18-16(9-13)14-5-3-4-6-15(14)17(18)22/h3-10H,1-2H3. The van der Waals surface area contributed by atoms with Crippen LogP contribution in [-0.2, 0) is 9.59 Å². The molecular formula is C17H14N2O3. The van der Waals surface area contributed by atoms with E-state index in [1.54, 1.807) is 29.3 Å². The molecule has 2 aliphatic heterocycles. The van der Waals surface area contributed by atoms with Crippen molar-refractivity contribution in [1.29, 1.82) is 0 Å². The summed E-state index contributed by atoms with van der Waals surface area (Å²) in [7, 11) is 0. The van der Waals surface area contributed by atoms with Crippen molar-refractivity contribution in [2.75, 3.05) is 0 Å². The summed E-state index contributed by atoms with van der Waals surface area (Å²) >= 11 is 0. The Balaban J connectivity index is 2.04. The lowest BCUT2D eigenvalue weighted by atomic mass is 10.1. The first-order chi connectivity index (χ1) is 10.5. The van der Waals surface area contributed by atoms with Gasteiger partial charge in [-0.1, -0.05) is 18.2 Å². The lowest BCUT2D eigenvalue weighted by Crippen LogP contribution is -2.28. The molecule has 0 unspecified atom stereocenters. The second-order valence-corrected chi connectivity index (χ2v) is 5.10. The number of carbonyl (C=O) groups excluding carboxylic acids is 3. The summed E-state index contributed by atoms with van der Waals surface area (Å²) in [5.74, 6) is -0.776. The van der Waals surface area contributed by atoms with Crippen molar-refractivity contribution in [1.82, 2.24) is 9.80 Å². The van der Waals surface area contributed by atoms with Crippen molar-refractivity contribution in [3.8, 4) is 0 Å². The van der Waals surface area contributed by atoms with Crippen LogP contribution in [0.4, 0.5) is 0 Å². The third kappa shape index (κ3) is 2.16. The van der Waals surface area contributed by atoms with E-state index in [-0.39, 0.29) is 17.7 Å². The molecule has 0 bridgehead atoms. The van der Waals surface area contributed by atoms with Gasteiger partial charge in [0, 0.05) is 37.4 Å². The van der Waals surface area contributed by atoms with Crippen LogP contribution in [0.15, 0.2) is 54.4 Å². The molecule has 5 nitrogen and oxygen atoms in total. The quantitative estimate of drug-likeness (QED) is 0.798. The van der Waals surface area contributed by atoms with Gasteiger partial charge in [-0.05, 0) is 23.8 Å². The third-order valence-electron chi connectivity index (χ3n) is 3.59. The van der Waals surface area contributed by atoms with Gasteiger partial charge in [-0.25, -0.2) is 0 Å². The number of imide groups is 1. The van der Waals surface area contributed by atoms with Crippen LogP contribution in [0.5, 0.6) is 0 Å². The maximum Gasteiger partial charge on any atom is 0.263 e. The van der Waals surface area contributed by atoms with Crippen LogP contribution in [0.3, 0.4) is 0 Å². The van der Waals surface area contributed by atoms with E-state index in [0.29, 0.717) is 11.1 Å². The Morgan fingerprint density at radius 1 is 1.09 bits per heavy atom. The molecule has 0 N–H and O–H groups in total. The molecule has 0 fully saturated rings. The highest BCUT2D eigenvalue weighted by Crippen LogP contribution is 2.36. The first-order valence-electron chi connectivity index (χ1n) is 6.84. The fraction of sp³-hybridized carbons (Fsp3) is 0.118. The van der Waals surface area contributed by atoms with Gasteiger partial charge in [0.25, 0.3) is 5.91 Å². The first kappa shape index (κ1) is 14.0. The van der Waals surface area contributed by atoms with Crippen LogP contribution in [0.1, 0.15) is 29.8 Å². The molecule has 0 radical (unpaired) electrons. The minimum atomic E-state index is -0.350. The number of allylic oxidation sites excluding steroid dienone is 3. The Bertz CT molecular complexity index is 773. The Hall–Kier alpha value is -2.95. The van der Waals surface area contributed by atoms with Crippen molar-refractivity contribution < 1.29 is 14.4 Å². The molecule has 0 aromatic heterocycles. The van der Waals surface area contributed by atoms with Crippen molar-refractivity contribution in [3.63, 3.8) is 0 Å². The van der Waals surface area contributed by atoms with Crippen molar-refractivity contribution in [2.24, 2.45) is 0 Å². The van der Waals surface area contributed by atoms with Gasteiger partial charge < -0.3 is 0 Å². The van der Waals surface area contributed by atoms with Gasteiger partial charge in [-0.15, -0.1) is 0 Å². The predicted molar refractivity (Wildman–Crippen MR) is 81.0 cm³/mol. The monoisotopic (exact) mass is 294 g/mol. The number of benzene rings is 1. The summed E-state index contributed by atoms with van der Waals surface area (Å²) in [6, 6.07) is 7.36. The summed E-state index contributed by atoms with van der Waals surface area (Å²) < 4.78 is 0. The molecule has 0 saturated carbocycles. The summed E-state index contributed by atoms with van der Waals surface area (Å²) in [4.78, 5) is 37.9. The summed E-state index contributed by atoms with van der Waals surface area (Å²) in [6.45, 7) is 2.66. The normalized spacial score (nSPS) is 17.2. The Morgan fingerprint density at radius 3 is 2.36 bits per heavy atom. The highest BCUT2D eigenvalue weighted by molar-refractivity contribution is 6.10. The molecule has 3 rings (SSSR count). The molecule has 0 atom stereocenters. The zero-order valence-electron chi connectivity index (χ0n) is 12.2. The minimum absolute atomic E-state index is 0.0767. The second-order valence-electron chi connectivity index (χ2n) is 5.10. The van der Waals surface area contributed by atoms with Gasteiger partial charge in [0.2, 0.25) is 11.8 Å². The van der Waals surface area contributed by atoms with Crippen LogP contribution < -0.4 is 0 Å². The van der Waals surface area contributed by atoms with Gasteiger partial charge in [0.05, 0.1) is 5.70 Å². The number of nitrogens with zero attached hydrogens (tertiary/aromatic N) is 2. The van der Waals surface area contributed by atoms with E-state index in [1.807, 2.05) is 18.2 Å². The smallest absolute Gasteiger partial charge is 0.263 e. The average Bonchev–Trinajstić information content (AvgIpc) is 2.78. The van der Waals surface area contributed by atoms with Crippen LogP contribution in [0.2, 0.25) is 0 Å². The Labute approximate surface area is 127 Å². The molecule has 22 heavy (non-hydrogen) atoms. The fourth-order valence-corrected chi connectivity index (χ4v) is 2.56. The molecule has 0 saturated heterocycles. The van der Waals surface area contributed by atoms with Crippen molar-refractivity contribution in [2.45, 2.75) is 13.8 Å². The number of amides is 3. The number of hydrogen-bond donors (Lipinski definition) is 0. The molecule has 110 valence electrons.